The highest BCUT2D eigenvalue weighted by molar-refractivity contribution is 5.54. The summed E-state index contributed by atoms with van der Waals surface area (Å²) in [6.45, 7) is 8.22. The molecule has 20 heavy (non-hydrogen) atoms. The van der Waals surface area contributed by atoms with Gasteiger partial charge in [-0.2, -0.15) is 0 Å². The van der Waals surface area contributed by atoms with Crippen LogP contribution in [0, 0.1) is 11.8 Å². The van der Waals surface area contributed by atoms with Gasteiger partial charge < -0.3 is 10.2 Å². The predicted octanol–water partition coefficient (Wildman–Crippen LogP) is 3.81. The van der Waals surface area contributed by atoms with Crippen molar-refractivity contribution in [3.8, 4) is 0 Å². The number of nitrogens with zero attached hydrogens (tertiary/aromatic N) is 1. The summed E-state index contributed by atoms with van der Waals surface area (Å²) in [6.07, 6.45) is 5.42. The molecule has 1 saturated carbocycles. The van der Waals surface area contributed by atoms with E-state index in [-0.39, 0.29) is 0 Å². The average molecular weight is 272 g/mol. The summed E-state index contributed by atoms with van der Waals surface area (Å²) in [5.41, 5.74) is 2.94. The van der Waals surface area contributed by atoms with Gasteiger partial charge in [0.2, 0.25) is 0 Å². The van der Waals surface area contributed by atoms with E-state index >= 15 is 0 Å². The highest BCUT2D eigenvalue weighted by Crippen LogP contribution is 2.30. The van der Waals surface area contributed by atoms with Crippen LogP contribution in [0.25, 0.3) is 0 Å². The van der Waals surface area contributed by atoms with Gasteiger partial charge in [-0.25, -0.2) is 0 Å². The monoisotopic (exact) mass is 272 g/mol. The predicted molar refractivity (Wildman–Crippen MR) is 86.1 cm³/mol. The van der Waals surface area contributed by atoms with Crippen LogP contribution in [0.3, 0.4) is 0 Å². The molecule has 0 spiro atoms. The lowest BCUT2D eigenvalue weighted by atomic mass is 9.86. The Labute approximate surface area is 123 Å². The summed E-state index contributed by atoms with van der Waals surface area (Å²) in [7, 11) is 0. The molecule has 1 aromatic rings. The molecule has 1 aromatic carbocycles. The number of hydrogen-bond donors (Lipinski definition) is 1. The van der Waals surface area contributed by atoms with Crippen LogP contribution < -0.4 is 10.2 Å². The Kier molecular flexibility index (Phi) is 4.30. The van der Waals surface area contributed by atoms with Crippen LogP contribution in [-0.2, 0) is 6.54 Å². The van der Waals surface area contributed by atoms with Crippen molar-refractivity contribution in [2.45, 2.75) is 52.1 Å². The highest BCUT2D eigenvalue weighted by Gasteiger charge is 2.24. The zero-order valence-electron chi connectivity index (χ0n) is 12.9. The lowest BCUT2D eigenvalue weighted by Crippen LogP contribution is -2.36. The SMILES string of the molecule is CC(C)C1CCN(c2ccccc2CNC2CC2)CC1. The summed E-state index contributed by atoms with van der Waals surface area (Å²) >= 11 is 0. The van der Waals surface area contributed by atoms with Crippen LogP contribution in [-0.4, -0.2) is 19.1 Å². The molecule has 110 valence electrons. The fraction of sp³-hybridized carbons (Fsp3) is 0.667. The van der Waals surface area contributed by atoms with Gasteiger partial charge in [-0.05, 0) is 49.1 Å². The minimum absolute atomic E-state index is 0.787. The minimum atomic E-state index is 0.787. The second-order valence-corrected chi connectivity index (χ2v) is 6.85. The normalized spacial score (nSPS) is 20.6. The van der Waals surface area contributed by atoms with Gasteiger partial charge in [-0.15, -0.1) is 0 Å². The lowest BCUT2D eigenvalue weighted by Gasteiger charge is -2.36. The maximum atomic E-state index is 3.65. The summed E-state index contributed by atoms with van der Waals surface area (Å²) < 4.78 is 0. The molecular weight excluding hydrogens is 244 g/mol. The van der Waals surface area contributed by atoms with Crippen LogP contribution in [0.15, 0.2) is 24.3 Å². The van der Waals surface area contributed by atoms with Gasteiger partial charge in [-0.1, -0.05) is 32.0 Å². The number of nitrogens with one attached hydrogen (secondary N) is 1. The van der Waals surface area contributed by atoms with Gasteiger partial charge in [-0.3, -0.25) is 0 Å². The number of piperidine rings is 1. The Bertz CT molecular complexity index is 429. The molecule has 0 atom stereocenters. The van der Waals surface area contributed by atoms with E-state index in [2.05, 4.69) is 48.3 Å². The smallest absolute Gasteiger partial charge is 0.0411 e. The fourth-order valence-corrected chi connectivity index (χ4v) is 3.32. The Hall–Kier alpha value is -1.02. The van der Waals surface area contributed by atoms with Gasteiger partial charge >= 0.3 is 0 Å². The first-order valence-corrected chi connectivity index (χ1v) is 8.30. The fourth-order valence-electron chi connectivity index (χ4n) is 3.32. The summed E-state index contributed by atoms with van der Waals surface area (Å²) in [5, 5.41) is 3.65. The van der Waals surface area contributed by atoms with E-state index in [0.717, 1.165) is 24.4 Å². The Morgan fingerprint density at radius 2 is 1.80 bits per heavy atom. The molecule has 2 nitrogen and oxygen atoms in total. The minimum Gasteiger partial charge on any atom is -0.371 e. The van der Waals surface area contributed by atoms with Crippen molar-refractivity contribution < 1.29 is 0 Å². The number of hydrogen-bond acceptors (Lipinski definition) is 2. The number of rotatable bonds is 5. The van der Waals surface area contributed by atoms with Crippen molar-refractivity contribution in [1.82, 2.24) is 5.32 Å². The van der Waals surface area contributed by atoms with E-state index in [1.807, 2.05) is 0 Å². The third-order valence-electron chi connectivity index (χ3n) is 4.97. The molecule has 0 radical (unpaired) electrons. The Morgan fingerprint density at radius 3 is 2.45 bits per heavy atom. The van der Waals surface area contributed by atoms with Crippen LogP contribution in [0.5, 0.6) is 0 Å². The van der Waals surface area contributed by atoms with Crippen molar-refractivity contribution in [2.24, 2.45) is 11.8 Å². The maximum Gasteiger partial charge on any atom is 0.0411 e. The molecule has 2 aliphatic rings. The average Bonchev–Trinajstić information content (AvgIpc) is 3.30. The van der Waals surface area contributed by atoms with Crippen LogP contribution in [0.2, 0.25) is 0 Å². The zero-order chi connectivity index (χ0) is 13.9. The molecule has 0 amide bonds. The molecule has 1 aliphatic heterocycles. The first-order chi connectivity index (χ1) is 9.74. The number of benzene rings is 1. The molecule has 1 heterocycles. The second kappa shape index (κ2) is 6.17. The van der Waals surface area contributed by atoms with Gasteiger partial charge in [0, 0.05) is 31.4 Å². The molecule has 0 unspecified atom stereocenters. The van der Waals surface area contributed by atoms with Crippen molar-refractivity contribution in [2.75, 3.05) is 18.0 Å². The molecule has 0 aromatic heterocycles. The summed E-state index contributed by atoms with van der Waals surface area (Å²) in [5.74, 6) is 1.76. The molecule has 1 N–H and O–H groups in total. The first kappa shape index (κ1) is 13.9. The quantitative estimate of drug-likeness (QED) is 0.877. The third-order valence-corrected chi connectivity index (χ3v) is 4.97. The first-order valence-electron chi connectivity index (χ1n) is 8.30. The number of anilines is 1. The van der Waals surface area contributed by atoms with Crippen LogP contribution >= 0.6 is 0 Å². The van der Waals surface area contributed by atoms with Gasteiger partial charge in [0.25, 0.3) is 0 Å². The molecule has 3 rings (SSSR count). The zero-order valence-corrected chi connectivity index (χ0v) is 12.9. The molecule has 1 aliphatic carbocycles. The van der Waals surface area contributed by atoms with Gasteiger partial charge in [0.1, 0.15) is 0 Å². The van der Waals surface area contributed by atoms with Crippen molar-refractivity contribution in [3.63, 3.8) is 0 Å². The third kappa shape index (κ3) is 3.35. The molecule has 0 bridgehead atoms. The molecular formula is C18H28N2. The van der Waals surface area contributed by atoms with E-state index in [1.165, 1.54) is 50.0 Å². The van der Waals surface area contributed by atoms with Crippen molar-refractivity contribution in [3.05, 3.63) is 29.8 Å². The molecule has 1 saturated heterocycles. The summed E-state index contributed by atoms with van der Waals surface area (Å²) in [4.78, 5) is 2.60. The second-order valence-electron chi connectivity index (χ2n) is 6.85. The van der Waals surface area contributed by atoms with Crippen molar-refractivity contribution in [1.29, 1.82) is 0 Å². The van der Waals surface area contributed by atoms with E-state index in [1.54, 1.807) is 0 Å². The molecule has 2 fully saturated rings. The largest absolute Gasteiger partial charge is 0.371 e. The topological polar surface area (TPSA) is 15.3 Å². The van der Waals surface area contributed by atoms with Crippen LogP contribution in [0.4, 0.5) is 5.69 Å². The number of para-hydroxylation sites is 1. The maximum absolute atomic E-state index is 3.65. The van der Waals surface area contributed by atoms with E-state index < -0.39 is 0 Å². The highest BCUT2D eigenvalue weighted by atomic mass is 15.1. The van der Waals surface area contributed by atoms with E-state index in [9.17, 15) is 0 Å². The van der Waals surface area contributed by atoms with Gasteiger partial charge in [0.15, 0.2) is 0 Å². The standard InChI is InChI=1S/C18H28N2/c1-14(2)15-9-11-20(12-10-15)18-6-4-3-5-16(18)13-19-17-7-8-17/h3-6,14-15,17,19H,7-13H2,1-2H3. The summed E-state index contributed by atoms with van der Waals surface area (Å²) in [6, 6.07) is 9.74. The van der Waals surface area contributed by atoms with Crippen LogP contribution in [0.1, 0.15) is 45.1 Å². The molecule has 2 heteroatoms. The Morgan fingerprint density at radius 1 is 1.10 bits per heavy atom. The van der Waals surface area contributed by atoms with Crippen molar-refractivity contribution >= 4 is 5.69 Å². The van der Waals surface area contributed by atoms with E-state index in [4.69, 9.17) is 0 Å². The Balaban J connectivity index is 1.64. The van der Waals surface area contributed by atoms with Gasteiger partial charge in [0.05, 0.1) is 0 Å². The lowest BCUT2D eigenvalue weighted by molar-refractivity contribution is 0.311. The van der Waals surface area contributed by atoms with E-state index in [0.29, 0.717) is 0 Å².